The molecule has 1 aromatic heterocycles. The highest BCUT2D eigenvalue weighted by Gasteiger charge is 2.11. The fraction of sp³-hybridized carbons (Fsp3) is 0.143. The van der Waals surface area contributed by atoms with E-state index in [2.05, 4.69) is 11.6 Å². The SMILES string of the molecule is C=Cc1cccc2[nH]c(C(=O)OCC)cc(=O)c12. The number of fused-ring (bicyclic) bond motifs is 1. The van der Waals surface area contributed by atoms with Gasteiger partial charge < -0.3 is 9.72 Å². The maximum Gasteiger partial charge on any atom is 0.354 e. The Balaban J connectivity index is 2.68. The fourth-order valence-corrected chi connectivity index (χ4v) is 1.82. The summed E-state index contributed by atoms with van der Waals surface area (Å²) < 4.78 is 4.86. The Morgan fingerprint density at radius 1 is 1.50 bits per heavy atom. The molecule has 0 amide bonds. The lowest BCUT2D eigenvalue weighted by molar-refractivity contribution is 0.0520. The second-order valence-electron chi connectivity index (χ2n) is 3.74. The Hall–Kier alpha value is -2.36. The number of benzene rings is 1. The van der Waals surface area contributed by atoms with E-state index in [1.165, 1.54) is 6.07 Å². The molecule has 92 valence electrons. The largest absolute Gasteiger partial charge is 0.461 e. The van der Waals surface area contributed by atoms with E-state index in [1.54, 1.807) is 31.2 Å². The van der Waals surface area contributed by atoms with Crippen LogP contribution >= 0.6 is 0 Å². The molecule has 0 radical (unpaired) electrons. The molecule has 0 atom stereocenters. The zero-order valence-corrected chi connectivity index (χ0v) is 10.0. The first-order valence-electron chi connectivity index (χ1n) is 5.63. The predicted octanol–water partition coefficient (Wildman–Crippen LogP) is 2.35. The maximum absolute atomic E-state index is 12.0. The number of nitrogens with one attached hydrogen (secondary N) is 1. The predicted molar refractivity (Wildman–Crippen MR) is 70.6 cm³/mol. The number of hydrogen-bond acceptors (Lipinski definition) is 3. The molecule has 0 aliphatic carbocycles. The summed E-state index contributed by atoms with van der Waals surface area (Å²) in [7, 11) is 0. The third-order valence-corrected chi connectivity index (χ3v) is 2.60. The molecule has 0 fully saturated rings. The van der Waals surface area contributed by atoms with E-state index in [1.807, 2.05) is 0 Å². The molecule has 4 nitrogen and oxygen atoms in total. The number of carbonyl (C=O) groups is 1. The summed E-state index contributed by atoms with van der Waals surface area (Å²) in [5, 5.41) is 0.528. The van der Waals surface area contributed by atoms with Crippen molar-refractivity contribution in [3.63, 3.8) is 0 Å². The van der Waals surface area contributed by atoms with Gasteiger partial charge in [0.05, 0.1) is 17.5 Å². The van der Waals surface area contributed by atoms with Crippen LogP contribution in [0.3, 0.4) is 0 Å². The topological polar surface area (TPSA) is 59.2 Å². The Bertz CT molecular complexity index is 670. The van der Waals surface area contributed by atoms with E-state index < -0.39 is 5.97 Å². The first-order chi connectivity index (χ1) is 8.67. The van der Waals surface area contributed by atoms with Crippen LogP contribution in [0.1, 0.15) is 23.0 Å². The number of H-pyrrole nitrogens is 1. The van der Waals surface area contributed by atoms with Crippen LogP contribution in [-0.2, 0) is 4.74 Å². The number of esters is 1. The molecule has 4 heteroatoms. The van der Waals surface area contributed by atoms with Crippen LogP contribution in [0.2, 0.25) is 0 Å². The van der Waals surface area contributed by atoms with Gasteiger partial charge in [0.2, 0.25) is 0 Å². The Morgan fingerprint density at radius 2 is 2.28 bits per heavy atom. The van der Waals surface area contributed by atoms with E-state index in [-0.39, 0.29) is 17.7 Å². The number of hydrogen-bond donors (Lipinski definition) is 1. The average molecular weight is 243 g/mol. The van der Waals surface area contributed by atoms with Crippen molar-refractivity contribution in [1.82, 2.24) is 4.98 Å². The van der Waals surface area contributed by atoms with Gasteiger partial charge in [-0.25, -0.2) is 4.79 Å². The number of aromatic amines is 1. The van der Waals surface area contributed by atoms with E-state index in [4.69, 9.17) is 4.74 Å². The second-order valence-corrected chi connectivity index (χ2v) is 3.74. The maximum atomic E-state index is 12.0. The lowest BCUT2D eigenvalue weighted by atomic mass is 10.1. The average Bonchev–Trinajstić information content (AvgIpc) is 2.38. The number of aromatic nitrogens is 1. The Morgan fingerprint density at radius 3 is 2.94 bits per heavy atom. The van der Waals surface area contributed by atoms with Crippen molar-refractivity contribution in [2.75, 3.05) is 6.61 Å². The molecular weight excluding hydrogens is 230 g/mol. The number of pyridine rings is 1. The van der Waals surface area contributed by atoms with Crippen LogP contribution in [0.15, 0.2) is 35.6 Å². The molecule has 2 aromatic rings. The lowest BCUT2D eigenvalue weighted by Crippen LogP contribution is -2.13. The third-order valence-electron chi connectivity index (χ3n) is 2.60. The van der Waals surface area contributed by atoms with Crippen molar-refractivity contribution in [3.05, 3.63) is 52.3 Å². The molecule has 1 heterocycles. The van der Waals surface area contributed by atoms with Gasteiger partial charge >= 0.3 is 5.97 Å². The molecule has 0 unspecified atom stereocenters. The molecule has 0 saturated carbocycles. The first-order valence-corrected chi connectivity index (χ1v) is 5.63. The van der Waals surface area contributed by atoms with Crippen LogP contribution in [0, 0.1) is 0 Å². The van der Waals surface area contributed by atoms with Gasteiger partial charge in [-0.1, -0.05) is 24.8 Å². The molecule has 0 saturated heterocycles. The minimum Gasteiger partial charge on any atom is -0.461 e. The highest BCUT2D eigenvalue weighted by molar-refractivity contribution is 5.93. The summed E-state index contributed by atoms with van der Waals surface area (Å²) in [6, 6.07) is 6.60. The zero-order chi connectivity index (χ0) is 13.1. The van der Waals surface area contributed by atoms with Crippen LogP contribution in [0.25, 0.3) is 17.0 Å². The van der Waals surface area contributed by atoms with Crippen molar-refractivity contribution in [1.29, 1.82) is 0 Å². The quantitative estimate of drug-likeness (QED) is 0.842. The van der Waals surface area contributed by atoms with Gasteiger partial charge in [-0.05, 0) is 18.6 Å². The Kier molecular flexibility index (Phi) is 3.28. The number of carbonyl (C=O) groups excluding carboxylic acids is 1. The summed E-state index contributed by atoms with van der Waals surface area (Å²) in [6.07, 6.45) is 1.61. The minimum atomic E-state index is -0.527. The lowest BCUT2D eigenvalue weighted by Gasteiger charge is -2.05. The van der Waals surface area contributed by atoms with E-state index >= 15 is 0 Å². The highest BCUT2D eigenvalue weighted by atomic mass is 16.5. The van der Waals surface area contributed by atoms with E-state index in [0.717, 1.165) is 5.56 Å². The third kappa shape index (κ3) is 2.05. The van der Waals surface area contributed by atoms with E-state index in [9.17, 15) is 9.59 Å². The number of ether oxygens (including phenoxy) is 1. The summed E-state index contributed by atoms with van der Waals surface area (Å²) >= 11 is 0. The summed E-state index contributed by atoms with van der Waals surface area (Å²) in [5.41, 5.74) is 1.28. The second kappa shape index (κ2) is 4.87. The van der Waals surface area contributed by atoms with Gasteiger partial charge in [-0.3, -0.25) is 4.79 Å². The van der Waals surface area contributed by atoms with Gasteiger partial charge in [0.1, 0.15) is 5.69 Å². The van der Waals surface area contributed by atoms with Gasteiger partial charge in [0.15, 0.2) is 5.43 Å². The molecule has 0 aliphatic rings. The van der Waals surface area contributed by atoms with Crippen molar-refractivity contribution in [2.45, 2.75) is 6.92 Å². The van der Waals surface area contributed by atoms with Crippen LogP contribution in [-0.4, -0.2) is 17.6 Å². The molecule has 18 heavy (non-hydrogen) atoms. The van der Waals surface area contributed by atoms with Crippen molar-refractivity contribution < 1.29 is 9.53 Å². The molecule has 0 aliphatic heterocycles. The molecule has 0 bridgehead atoms. The first kappa shape index (κ1) is 12.1. The molecule has 1 aromatic carbocycles. The molecule has 1 N–H and O–H groups in total. The molecule has 0 spiro atoms. The number of rotatable bonds is 3. The van der Waals surface area contributed by atoms with Gasteiger partial charge in [0.25, 0.3) is 0 Å². The van der Waals surface area contributed by atoms with E-state index in [0.29, 0.717) is 10.9 Å². The van der Waals surface area contributed by atoms with Gasteiger partial charge in [-0.15, -0.1) is 0 Å². The zero-order valence-electron chi connectivity index (χ0n) is 10.0. The smallest absolute Gasteiger partial charge is 0.354 e. The summed E-state index contributed by atoms with van der Waals surface area (Å²) in [6.45, 7) is 5.65. The minimum absolute atomic E-state index is 0.163. The molecular formula is C14H13NO3. The normalized spacial score (nSPS) is 10.3. The summed E-state index contributed by atoms with van der Waals surface area (Å²) in [5.74, 6) is -0.527. The fourth-order valence-electron chi connectivity index (χ4n) is 1.82. The summed E-state index contributed by atoms with van der Waals surface area (Å²) in [4.78, 5) is 26.5. The molecule has 2 rings (SSSR count). The van der Waals surface area contributed by atoms with Crippen LogP contribution in [0.4, 0.5) is 0 Å². The monoisotopic (exact) mass is 243 g/mol. The van der Waals surface area contributed by atoms with Crippen LogP contribution in [0.5, 0.6) is 0 Å². The van der Waals surface area contributed by atoms with Crippen LogP contribution < -0.4 is 5.43 Å². The van der Waals surface area contributed by atoms with Crippen molar-refractivity contribution in [2.24, 2.45) is 0 Å². The van der Waals surface area contributed by atoms with Gasteiger partial charge in [0, 0.05) is 6.07 Å². The standard InChI is InChI=1S/C14H13NO3/c1-3-9-6-5-7-10-13(9)12(16)8-11(15-10)14(17)18-4-2/h3,5-8H,1,4H2,2H3,(H,15,16). The highest BCUT2D eigenvalue weighted by Crippen LogP contribution is 2.15. The van der Waals surface area contributed by atoms with Crippen molar-refractivity contribution >= 4 is 22.9 Å². The Labute approximate surface area is 104 Å². The van der Waals surface area contributed by atoms with Gasteiger partial charge in [-0.2, -0.15) is 0 Å². The van der Waals surface area contributed by atoms with Crippen molar-refractivity contribution in [3.8, 4) is 0 Å².